The SMILES string of the molecule is CCCCN(CCCC)c1cccc(CN)n1. The minimum atomic E-state index is 0.517. The van der Waals surface area contributed by atoms with Crippen LogP contribution in [0.3, 0.4) is 0 Å². The Morgan fingerprint density at radius 1 is 1.12 bits per heavy atom. The molecule has 0 unspecified atom stereocenters. The first-order valence-electron chi connectivity index (χ1n) is 6.72. The van der Waals surface area contributed by atoms with Gasteiger partial charge < -0.3 is 10.6 Å². The van der Waals surface area contributed by atoms with Gasteiger partial charge in [-0.15, -0.1) is 0 Å². The summed E-state index contributed by atoms with van der Waals surface area (Å²) in [5.41, 5.74) is 6.61. The number of unbranched alkanes of at least 4 members (excludes halogenated alkanes) is 2. The lowest BCUT2D eigenvalue weighted by molar-refractivity contribution is 0.669. The molecule has 3 heteroatoms. The third kappa shape index (κ3) is 4.73. The minimum Gasteiger partial charge on any atom is -0.357 e. The van der Waals surface area contributed by atoms with Gasteiger partial charge in [0.1, 0.15) is 5.82 Å². The van der Waals surface area contributed by atoms with E-state index < -0.39 is 0 Å². The summed E-state index contributed by atoms with van der Waals surface area (Å²) in [4.78, 5) is 6.98. The van der Waals surface area contributed by atoms with Crippen LogP contribution in [0.4, 0.5) is 5.82 Å². The summed E-state index contributed by atoms with van der Waals surface area (Å²) >= 11 is 0. The Bertz CT molecular complexity index is 304. The highest BCUT2D eigenvalue weighted by Gasteiger charge is 2.07. The lowest BCUT2D eigenvalue weighted by atomic mass is 10.2. The maximum absolute atomic E-state index is 5.64. The fourth-order valence-corrected chi connectivity index (χ4v) is 1.80. The molecule has 0 atom stereocenters. The second-order valence-corrected chi connectivity index (χ2v) is 4.39. The fourth-order valence-electron chi connectivity index (χ4n) is 1.80. The van der Waals surface area contributed by atoms with Gasteiger partial charge in [-0.3, -0.25) is 0 Å². The van der Waals surface area contributed by atoms with E-state index in [-0.39, 0.29) is 0 Å². The first-order valence-corrected chi connectivity index (χ1v) is 6.72. The van der Waals surface area contributed by atoms with Gasteiger partial charge in [-0.1, -0.05) is 32.8 Å². The van der Waals surface area contributed by atoms with Crippen molar-refractivity contribution in [3.8, 4) is 0 Å². The summed E-state index contributed by atoms with van der Waals surface area (Å²) < 4.78 is 0. The molecule has 0 aromatic carbocycles. The average molecular weight is 235 g/mol. The molecular formula is C14H25N3. The summed E-state index contributed by atoms with van der Waals surface area (Å²) in [5, 5.41) is 0. The molecule has 0 fully saturated rings. The van der Waals surface area contributed by atoms with Gasteiger partial charge in [0.05, 0.1) is 5.69 Å². The third-order valence-electron chi connectivity index (χ3n) is 2.89. The van der Waals surface area contributed by atoms with E-state index in [0.29, 0.717) is 6.54 Å². The molecule has 2 N–H and O–H groups in total. The van der Waals surface area contributed by atoms with Crippen molar-refractivity contribution in [3.63, 3.8) is 0 Å². The number of pyridine rings is 1. The van der Waals surface area contributed by atoms with Crippen molar-refractivity contribution in [2.24, 2.45) is 5.73 Å². The summed E-state index contributed by atoms with van der Waals surface area (Å²) in [5.74, 6) is 1.08. The van der Waals surface area contributed by atoms with Crippen molar-refractivity contribution in [2.75, 3.05) is 18.0 Å². The predicted octanol–water partition coefficient (Wildman–Crippen LogP) is 2.95. The Kier molecular flexibility index (Phi) is 6.63. The topological polar surface area (TPSA) is 42.1 Å². The van der Waals surface area contributed by atoms with Crippen LogP contribution in [0.25, 0.3) is 0 Å². The highest BCUT2D eigenvalue weighted by molar-refractivity contribution is 5.39. The number of nitrogens with two attached hydrogens (primary N) is 1. The molecule has 1 heterocycles. The third-order valence-corrected chi connectivity index (χ3v) is 2.89. The molecule has 1 rings (SSSR count). The van der Waals surface area contributed by atoms with Crippen LogP contribution in [0.15, 0.2) is 18.2 Å². The van der Waals surface area contributed by atoms with Crippen molar-refractivity contribution < 1.29 is 0 Å². The lowest BCUT2D eigenvalue weighted by Gasteiger charge is -2.23. The number of anilines is 1. The van der Waals surface area contributed by atoms with Crippen molar-refractivity contribution >= 4 is 5.82 Å². The molecule has 0 saturated carbocycles. The van der Waals surface area contributed by atoms with Crippen LogP contribution in [-0.2, 0) is 6.54 Å². The van der Waals surface area contributed by atoms with E-state index in [2.05, 4.69) is 35.9 Å². The molecule has 0 aliphatic rings. The minimum absolute atomic E-state index is 0.517. The molecule has 0 spiro atoms. The second kappa shape index (κ2) is 8.07. The molecule has 0 aliphatic carbocycles. The Morgan fingerprint density at radius 3 is 2.29 bits per heavy atom. The molecule has 0 radical (unpaired) electrons. The number of hydrogen-bond acceptors (Lipinski definition) is 3. The van der Waals surface area contributed by atoms with Gasteiger partial charge in [-0.2, -0.15) is 0 Å². The van der Waals surface area contributed by atoms with Crippen LogP contribution in [0.5, 0.6) is 0 Å². The zero-order chi connectivity index (χ0) is 12.5. The number of hydrogen-bond donors (Lipinski definition) is 1. The normalized spacial score (nSPS) is 10.5. The largest absolute Gasteiger partial charge is 0.357 e. The predicted molar refractivity (Wildman–Crippen MR) is 74.2 cm³/mol. The number of aromatic nitrogens is 1. The van der Waals surface area contributed by atoms with E-state index >= 15 is 0 Å². The first-order chi connectivity index (χ1) is 8.31. The smallest absolute Gasteiger partial charge is 0.128 e. The molecule has 0 saturated heterocycles. The van der Waals surface area contributed by atoms with Gasteiger partial charge in [0, 0.05) is 19.6 Å². The van der Waals surface area contributed by atoms with Crippen LogP contribution in [0, 0.1) is 0 Å². The maximum Gasteiger partial charge on any atom is 0.128 e. The Morgan fingerprint density at radius 2 is 1.76 bits per heavy atom. The van der Waals surface area contributed by atoms with Crippen LogP contribution in [-0.4, -0.2) is 18.1 Å². The van der Waals surface area contributed by atoms with Crippen LogP contribution >= 0.6 is 0 Å². The number of nitrogens with zero attached hydrogens (tertiary/aromatic N) is 2. The molecule has 0 amide bonds. The summed E-state index contributed by atoms with van der Waals surface area (Å²) in [6.45, 7) is 7.15. The molecule has 96 valence electrons. The molecular weight excluding hydrogens is 210 g/mol. The monoisotopic (exact) mass is 235 g/mol. The Hall–Kier alpha value is -1.09. The van der Waals surface area contributed by atoms with E-state index in [1.807, 2.05) is 6.07 Å². The Balaban J connectivity index is 2.71. The highest BCUT2D eigenvalue weighted by Crippen LogP contribution is 2.13. The average Bonchev–Trinajstić information content (AvgIpc) is 2.39. The summed E-state index contributed by atoms with van der Waals surface area (Å²) in [6, 6.07) is 6.13. The quantitative estimate of drug-likeness (QED) is 0.753. The van der Waals surface area contributed by atoms with Gasteiger partial charge in [-0.25, -0.2) is 4.98 Å². The van der Waals surface area contributed by atoms with E-state index in [0.717, 1.165) is 24.6 Å². The lowest BCUT2D eigenvalue weighted by Crippen LogP contribution is -2.26. The van der Waals surface area contributed by atoms with Gasteiger partial charge in [-0.05, 0) is 25.0 Å². The second-order valence-electron chi connectivity index (χ2n) is 4.39. The molecule has 0 aliphatic heterocycles. The standard InChI is InChI=1S/C14H25N3/c1-3-5-10-17(11-6-4-2)14-9-7-8-13(12-15)16-14/h7-9H,3-6,10-12,15H2,1-2H3. The fraction of sp³-hybridized carbons (Fsp3) is 0.643. The van der Waals surface area contributed by atoms with Crippen molar-refractivity contribution in [3.05, 3.63) is 23.9 Å². The molecule has 17 heavy (non-hydrogen) atoms. The highest BCUT2D eigenvalue weighted by atomic mass is 15.2. The maximum atomic E-state index is 5.64. The van der Waals surface area contributed by atoms with Crippen molar-refractivity contribution in [1.29, 1.82) is 0 Å². The van der Waals surface area contributed by atoms with E-state index in [1.54, 1.807) is 0 Å². The summed E-state index contributed by atoms with van der Waals surface area (Å²) in [7, 11) is 0. The van der Waals surface area contributed by atoms with Crippen molar-refractivity contribution in [1.82, 2.24) is 4.98 Å². The van der Waals surface area contributed by atoms with Crippen LogP contribution in [0.1, 0.15) is 45.2 Å². The molecule has 0 bridgehead atoms. The zero-order valence-electron chi connectivity index (χ0n) is 11.2. The van der Waals surface area contributed by atoms with E-state index in [1.165, 1.54) is 25.7 Å². The van der Waals surface area contributed by atoms with Gasteiger partial charge in [0.25, 0.3) is 0 Å². The van der Waals surface area contributed by atoms with Gasteiger partial charge in [0.2, 0.25) is 0 Å². The van der Waals surface area contributed by atoms with Gasteiger partial charge >= 0.3 is 0 Å². The Labute approximate surface area is 105 Å². The van der Waals surface area contributed by atoms with Crippen LogP contribution in [0.2, 0.25) is 0 Å². The molecule has 1 aromatic rings. The van der Waals surface area contributed by atoms with E-state index in [4.69, 9.17) is 5.73 Å². The van der Waals surface area contributed by atoms with Gasteiger partial charge in [0.15, 0.2) is 0 Å². The zero-order valence-corrected chi connectivity index (χ0v) is 11.2. The molecule has 1 aromatic heterocycles. The first kappa shape index (κ1) is 14.0. The van der Waals surface area contributed by atoms with E-state index in [9.17, 15) is 0 Å². The molecule has 3 nitrogen and oxygen atoms in total. The van der Waals surface area contributed by atoms with Crippen LogP contribution < -0.4 is 10.6 Å². The number of rotatable bonds is 8. The van der Waals surface area contributed by atoms with Crippen molar-refractivity contribution in [2.45, 2.75) is 46.1 Å². The summed E-state index contributed by atoms with van der Waals surface area (Å²) in [6.07, 6.45) is 4.88.